The van der Waals surface area contributed by atoms with E-state index in [1.807, 2.05) is 0 Å². The maximum absolute atomic E-state index is 12.3. The second-order valence-electron chi connectivity index (χ2n) is 4.16. The number of thiocarbonyl (C=S) groups is 1. The van der Waals surface area contributed by atoms with Gasteiger partial charge in [0.2, 0.25) is 10.0 Å². The second kappa shape index (κ2) is 5.71. The molecule has 0 radical (unpaired) electrons. The Morgan fingerprint density at radius 1 is 1.11 bits per heavy atom. The largest absolute Gasteiger partial charge is 0.243 e. The maximum Gasteiger partial charge on any atom is 0.243 e. The van der Waals surface area contributed by atoms with E-state index in [0.29, 0.717) is 23.7 Å². The molecule has 0 N–H and O–H groups in total. The Bertz CT molecular complexity index is 554. The first-order chi connectivity index (χ1) is 8.64. The highest BCUT2D eigenvalue weighted by molar-refractivity contribution is 7.89. The minimum Gasteiger partial charge on any atom is -0.207 e. The van der Waals surface area contributed by atoms with Crippen LogP contribution in [0.25, 0.3) is 0 Å². The van der Waals surface area contributed by atoms with Gasteiger partial charge in [-0.2, -0.15) is 9.30 Å². The van der Waals surface area contributed by atoms with E-state index in [4.69, 9.17) is 0 Å². The summed E-state index contributed by atoms with van der Waals surface area (Å²) in [6, 6.07) is 6.40. The molecule has 0 unspecified atom stereocenters. The molecule has 96 valence electrons. The first-order valence-electron chi connectivity index (χ1n) is 5.83. The fraction of sp³-hybridized carbons (Fsp3) is 0.417. The van der Waals surface area contributed by atoms with E-state index in [1.54, 1.807) is 28.6 Å². The van der Waals surface area contributed by atoms with Crippen molar-refractivity contribution in [3.63, 3.8) is 0 Å². The van der Waals surface area contributed by atoms with Crippen molar-refractivity contribution >= 4 is 33.1 Å². The highest BCUT2D eigenvalue weighted by atomic mass is 32.2. The lowest BCUT2D eigenvalue weighted by Crippen LogP contribution is -2.35. The van der Waals surface area contributed by atoms with Gasteiger partial charge < -0.3 is 0 Å². The van der Waals surface area contributed by atoms with E-state index in [0.717, 1.165) is 19.3 Å². The molecule has 1 saturated heterocycles. The van der Waals surface area contributed by atoms with Crippen molar-refractivity contribution in [2.75, 3.05) is 13.1 Å². The van der Waals surface area contributed by atoms with Crippen LogP contribution in [0.1, 0.15) is 19.3 Å². The summed E-state index contributed by atoms with van der Waals surface area (Å²) in [5.41, 5.74) is 0.614. The Labute approximate surface area is 112 Å². The van der Waals surface area contributed by atoms with Crippen molar-refractivity contribution in [2.24, 2.45) is 4.99 Å². The van der Waals surface area contributed by atoms with Crippen molar-refractivity contribution in [2.45, 2.75) is 24.2 Å². The molecule has 1 aromatic rings. The average molecular weight is 282 g/mol. The molecule has 1 fully saturated rings. The predicted octanol–water partition coefficient (Wildman–Crippen LogP) is 2.60. The SMILES string of the molecule is O=S(=O)(c1ccc(N=C=S)cc1)N1CCCCC1. The van der Waals surface area contributed by atoms with Gasteiger partial charge in [-0.05, 0) is 49.3 Å². The van der Waals surface area contributed by atoms with E-state index >= 15 is 0 Å². The summed E-state index contributed by atoms with van der Waals surface area (Å²) in [7, 11) is -3.35. The number of benzene rings is 1. The van der Waals surface area contributed by atoms with Crippen LogP contribution >= 0.6 is 12.2 Å². The third-order valence-corrected chi connectivity index (χ3v) is 4.97. The van der Waals surface area contributed by atoms with Gasteiger partial charge in [-0.15, -0.1) is 0 Å². The molecule has 18 heavy (non-hydrogen) atoms. The van der Waals surface area contributed by atoms with Crippen LogP contribution in [0.15, 0.2) is 34.2 Å². The Hall–Kier alpha value is -1.07. The molecule has 0 bridgehead atoms. The quantitative estimate of drug-likeness (QED) is 0.632. The Kier molecular flexibility index (Phi) is 4.24. The van der Waals surface area contributed by atoms with Crippen molar-refractivity contribution < 1.29 is 8.42 Å². The molecule has 0 amide bonds. The lowest BCUT2D eigenvalue weighted by Gasteiger charge is -2.25. The molecule has 0 aromatic heterocycles. The summed E-state index contributed by atoms with van der Waals surface area (Å²) in [5, 5.41) is 2.25. The van der Waals surface area contributed by atoms with Crippen molar-refractivity contribution in [1.82, 2.24) is 4.31 Å². The van der Waals surface area contributed by atoms with E-state index in [-0.39, 0.29) is 0 Å². The molecule has 4 nitrogen and oxygen atoms in total. The number of rotatable bonds is 3. The van der Waals surface area contributed by atoms with Gasteiger partial charge in [0.15, 0.2) is 0 Å². The number of nitrogens with zero attached hydrogens (tertiary/aromatic N) is 2. The van der Waals surface area contributed by atoms with E-state index in [2.05, 4.69) is 22.4 Å². The molecule has 0 saturated carbocycles. The first-order valence-corrected chi connectivity index (χ1v) is 7.67. The number of hydrogen-bond acceptors (Lipinski definition) is 4. The summed E-state index contributed by atoms with van der Waals surface area (Å²) in [6.07, 6.45) is 2.98. The van der Waals surface area contributed by atoms with Crippen molar-refractivity contribution in [1.29, 1.82) is 0 Å². The van der Waals surface area contributed by atoms with Gasteiger partial charge in [-0.3, -0.25) is 0 Å². The Balaban J connectivity index is 2.26. The molecular formula is C12H14N2O2S2. The molecule has 0 atom stereocenters. The average Bonchev–Trinajstić information content (AvgIpc) is 2.41. The monoisotopic (exact) mass is 282 g/mol. The number of hydrogen-bond donors (Lipinski definition) is 0. The number of sulfonamides is 1. The third-order valence-electron chi connectivity index (χ3n) is 2.96. The Morgan fingerprint density at radius 3 is 2.28 bits per heavy atom. The van der Waals surface area contributed by atoms with Gasteiger partial charge in [0.25, 0.3) is 0 Å². The van der Waals surface area contributed by atoms with Gasteiger partial charge in [-0.1, -0.05) is 6.42 Å². The molecular weight excluding hydrogens is 268 g/mol. The van der Waals surface area contributed by atoms with Crippen molar-refractivity contribution in [3.05, 3.63) is 24.3 Å². The normalized spacial score (nSPS) is 17.1. The summed E-state index contributed by atoms with van der Waals surface area (Å²) in [4.78, 5) is 4.11. The summed E-state index contributed by atoms with van der Waals surface area (Å²) in [6.45, 7) is 1.23. The standard InChI is InChI=1S/C12H14N2O2S2/c15-18(16,14-8-2-1-3-9-14)12-6-4-11(5-7-12)13-10-17/h4-7H,1-3,8-9H2. The first kappa shape index (κ1) is 13.4. The minimum atomic E-state index is -3.35. The van der Waals surface area contributed by atoms with Crippen LogP contribution in [0.4, 0.5) is 5.69 Å². The minimum absolute atomic E-state index is 0.313. The maximum atomic E-state index is 12.3. The molecule has 0 spiro atoms. The van der Waals surface area contributed by atoms with Crippen LogP contribution in [-0.4, -0.2) is 31.0 Å². The lowest BCUT2D eigenvalue weighted by molar-refractivity contribution is 0.346. The van der Waals surface area contributed by atoms with Crippen LogP contribution in [-0.2, 0) is 10.0 Å². The van der Waals surface area contributed by atoms with E-state index < -0.39 is 10.0 Å². The number of aliphatic imine (C=N–C) groups is 1. The van der Waals surface area contributed by atoms with Gasteiger partial charge >= 0.3 is 0 Å². The number of isothiocyanates is 1. The summed E-state index contributed by atoms with van der Waals surface area (Å²) >= 11 is 4.50. The predicted molar refractivity (Wildman–Crippen MR) is 73.7 cm³/mol. The molecule has 1 aliphatic rings. The van der Waals surface area contributed by atoms with E-state index in [1.165, 1.54) is 0 Å². The highest BCUT2D eigenvalue weighted by Gasteiger charge is 2.25. The van der Waals surface area contributed by atoms with Gasteiger partial charge in [0.1, 0.15) is 0 Å². The zero-order valence-electron chi connectivity index (χ0n) is 9.87. The summed E-state index contributed by atoms with van der Waals surface area (Å²) in [5.74, 6) is 0. The van der Waals surface area contributed by atoms with Crippen molar-refractivity contribution in [3.8, 4) is 0 Å². The van der Waals surface area contributed by atoms with Crippen LogP contribution < -0.4 is 0 Å². The zero-order chi connectivity index (χ0) is 13.0. The number of piperidine rings is 1. The fourth-order valence-corrected chi connectivity index (χ4v) is 3.62. The zero-order valence-corrected chi connectivity index (χ0v) is 11.5. The van der Waals surface area contributed by atoms with Gasteiger partial charge in [0.05, 0.1) is 15.7 Å². The Morgan fingerprint density at radius 2 is 1.72 bits per heavy atom. The van der Waals surface area contributed by atoms with Gasteiger partial charge in [-0.25, -0.2) is 8.42 Å². The van der Waals surface area contributed by atoms with Crippen LogP contribution in [0.5, 0.6) is 0 Å². The molecule has 0 aliphatic carbocycles. The van der Waals surface area contributed by atoms with E-state index in [9.17, 15) is 8.42 Å². The third kappa shape index (κ3) is 2.84. The molecule has 6 heteroatoms. The molecule has 1 heterocycles. The van der Waals surface area contributed by atoms with Crippen LogP contribution in [0.3, 0.4) is 0 Å². The second-order valence-corrected chi connectivity index (χ2v) is 6.28. The molecule has 2 rings (SSSR count). The summed E-state index contributed by atoms with van der Waals surface area (Å²) < 4.78 is 26.2. The smallest absolute Gasteiger partial charge is 0.207 e. The fourth-order valence-electron chi connectivity index (χ4n) is 2.00. The molecule has 1 aromatic carbocycles. The van der Waals surface area contributed by atoms with Crippen LogP contribution in [0, 0.1) is 0 Å². The lowest BCUT2D eigenvalue weighted by atomic mass is 10.2. The molecule has 1 aliphatic heterocycles. The topological polar surface area (TPSA) is 49.7 Å². The van der Waals surface area contributed by atoms with Crippen LogP contribution in [0.2, 0.25) is 0 Å². The highest BCUT2D eigenvalue weighted by Crippen LogP contribution is 2.22. The van der Waals surface area contributed by atoms with Gasteiger partial charge in [0, 0.05) is 13.1 Å².